The smallest absolute Gasteiger partial charge is 0.106 e. The molecule has 2 rings (SSSR count). The second-order valence-corrected chi connectivity index (χ2v) is 5.00. The molecule has 3 nitrogen and oxygen atoms in total. The van der Waals surface area contributed by atoms with Gasteiger partial charge in [0, 0.05) is 11.6 Å². The molecule has 0 radical (unpaired) electrons. The number of hydrogen-bond donors (Lipinski definition) is 2. The van der Waals surface area contributed by atoms with Gasteiger partial charge in [0.25, 0.3) is 0 Å². The van der Waals surface area contributed by atoms with Gasteiger partial charge in [0.15, 0.2) is 0 Å². The Balaban J connectivity index is 2.17. The first-order valence-electron chi connectivity index (χ1n) is 6.16. The molecule has 0 aliphatic heterocycles. The fourth-order valence-corrected chi connectivity index (χ4v) is 2.65. The summed E-state index contributed by atoms with van der Waals surface area (Å²) >= 11 is 0. The number of nitrogens with one attached hydrogen (secondary N) is 1. The van der Waals surface area contributed by atoms with Gasteiger partial charge in [-0.2, -0.15) is 0 Å². The number of hydrazine groups is 1. The fraction of sp³-hybridized carbons (Fsp3) is 0.692. The SMILES string of the molecule is Cc1oc(C)c(C(CC2CCC2)NN)c1C. The summed E-state index contributed by atoms with van der Waals surface area (Å²) < 4.78 is 5.67. The van der Waals surface area contributed by atoms with Gasteiger partial charge in [-0.25, -0.2) is 0 Å². The summed E-state index contributed by atoms with van der Waals surface area (Å²) in [6.07, 6.45) is 5.22. The highest BCUT2D eigenvalue weighted by Crippen LogP contribution is 2.37. The number of nitrogens with two attached hydrogens (primary N) is 1. The van der Waals surface area contributed by atoms with E-state index in [9.17, 15) is 0 Å². The van der Waals surface area contributed by atoms with E-state index in [1.54, 1.807) is 0 Å². The van der Waals surface area contributed by atoms with Gasteiger partial charge in [-0.3, -0.25) is 11.3 Å². The normalized spacial score (nSPS) is 18.5. The van der Waals surface area contributed by atoms with Crippen molar-refractivity contribution in [2.75, 3.05) is 0 Å². The highest BCUT2D eigenvalue weighted by atomic mass is 16.3. The Hall–Kier alpha value is -0.800. The lowest BCUT2D eigenvalue weighted by Crippen LogP contribution is -2.31. The second kappa shape index (κ2) is 4.60. The zero-order valence-corrected chi connectivity index (χ0v) is 10.5. The fourth-order valence-electron chi connectivity index (χ4n) is 2.65. The molecular formula is C13H22N2O. The molecular weight excluding hydrogens is 200 g/mol. The molecule has 0 bridgehead atoms. The molecule has 1 atom stereocenters. The Morgan fingerprint density at radius 2 is 2.00 bits per heavy atom. The minimum Gasteiger partial charge on any atom is -0.466 e. The molecule has 1 unspecified atom stereocenters. The summed E-state index contributed by atoms with van der Waals surface area (Å²) in [4.78, 5) is 0. The highest BCUT2D eigenvalue weighted by molar-refractivity contribution is 5.34. The van der Waals surface area contributed by atoms with Crippen LogP contribution in [0, 0.1) is 26.7 Å². The zero-order chi connectivity index (χ0) is 11.7. The Kier molecular flexibility index (Phi) is 3.36. The standard InChI is InChI=1S/C13H22N2O/c1-8-9(2)16-10(3)13(8)12(15-14)7-11-5-4-6-11/h11-12,15H,4-7,14H2,1-3H3. The van der Waals surface area contributed by atoms with E-state index in [2.05, 4.69) is 12.3 Å². The van der Waals surface area contributed by atoms with E-state index in [1.165, 1.54) is 30.4 Å². The molecule has 0 amide bonds. The molecule has 1 saturated carbocycles. The van der Waals surface area contributed by atoms with E-state index in [4.69, 9.17) is 10.3 Å². The highest BCUT2D eigenvalue weighted by Gasteiger charge is 2.26. The Labute approximate surface area is 97.4 Å². The molecule has 1 aliphatic carbocycles. The van der Waals surface area contributed by atoms with E-state index in [0.29, 0.717) is 0 Å². The van der Waals surface area contributed by atoms with Gasteiger partial charge in [-0.1, -0.05) is 19.3 Å². The molecule has 3 N–H and O–H groups in total. The molecule has 1 aliphatic rings. The lowest BCUT2D eigenvalue weighted by molar-refractivity contribution is 0.260. The van der Waals surface area contributed by atoms with Gasteiger partial charge in [0.2, 0.25) is 0 Å². The average molecular weight is 222 g/mol. The van der Waals surface area contributed by atoms with Crippen molar-refractivity contribution < 1.29 is 4.42 Å². The third-order valence-corrected chi connectivity index (χ3v) is 3.96. The summed E-state index contributed by atoms with van der Waals surface area (Å²) in [5.41, 5.74) is 5.47. The van der Waals surface area contributed by atoms with Crippen molar-refractivity contribution in [3.8, 4) is 0 Å². The third-order valence-electron chi connectivity index (χ3n) is 3.96. The largest absolute Gasteiger partial charge is 0.466 e. The van der Waals surface area contributed by atoms with Crippen LogP contribution in [0.15, 0.2) is 4.42 Å². The van der Waals surface area contributed by atoms with Crippen molar-refractivity contribution in [2.24, 2.45) is 11.8 Å². The molecule has 1 aromatic rings. The zero-order valence-electron chi connectivity index (χ0n) is 10.5. The molecule has 90 valence electrons. The van der Waals surface area contributed by atoms with Crippen molar-refractivity contribution in [3.63, 3.8) is 0 Å². The molecule has 0 aromatic carbocycles. The minimum atomic E-state index is 0.253. The molecule has 0 spiro atoms. The quantitative estimate of drug-likeness (QED) is 0.608. The summed E-state index contributed by atoms with van der Waals surface area (Å²) in [5.74, 6) is 8.56. The summed E-state index contributed by atoms with van der Waals surface area (Å²) in [6.45, 7) is 6.16. The first kappa shape index (κ1) is 11.7. The number of rotatable bonds is 4. The van der Waals surface area contributed by atoms with Gasteiger partial charge in [-0.05, 0) is 38.7 Å². The Bertz CT molecular complexity index is 366. The third kappa shape index (κ3) is 2.02. The first-order chi connectivity index (χ1) is 7.63. The van der Waals surface area contributed by atoms with Gasteiger partial charge in [-0.15, -0.1) is 0 Å². The van der Waals surface area contributed by atoms with Crippen molar-refractivity contribution in [2.45, 2.75) is 52.5 Å². The van der Waals surface area contributed by atoms with Crippen LogP contribution in [0.3, 0.4) is 0 Å². The van der Waals surface area contributed by atoms with E-state index >= 15 is 0 Å². The van der Waals surface area contributed by atoms with Crippen LogP contribution in [-0.4, -0.2) is 0 Å². The van der Waals surface area contributed by atoms with Crippen LogP contribution in [0.1, 0.15) is 54.4 Å². The van der Waals surface area contributed by atoms with Crippen LogP contribution in [0.2, 0.25) is 0 Å². The van der Waals surface area contributed by atoms with Crippen LogP contribution < -0.4 is 11.3 Å². The van der Waals surface area contributed by atoms with E-state index in [1.807, 2.05) is 13.8 Å². The predicted molar refractivity (Wildman–Crippen MR) is 64.9 cm³/mol. The monoisotopic (exact) mass is 222 g/mol. The van der Waals surface area contributed by atoms with Crippen molar-refractivity contribution in [1.82, 2.24) is 5.43 Å². The maximum Gasteiger partial charge on any atom is 0.106 e. The van der Waals surface area contributed by atoms with Gasteiger partial charge < -0.3 is 4.42 Å². The molecule has 0 saturated heterocycles. The lowest BCUT2D eigenvalue weighted by atomic mass is 9.79. The van der Waals surface area contributed by atoms with Crippen molar-refractivity contribution in [1.29, 1.82) is 0 Å². The lowest BCUT2D eigenvalue weighted by Gasteiger charge is -2.29. The van der Waals surface area contributed by atoms with Gasteiger partial charge in [0.05, 0.1) is 0 Å². The summed E-state index contributed by atoms with van der Waals surface area (Å²) in [6, 6.07) is 0.253. The van der Waals surface area contributed by atoms with Crippen LogP contribution in [0.5, 0.6) is 0 Å². The molecule has 1 fully saturated rings. The average Bonchev–Trinajstić information content (AvgIpc) is 2.42. The first-order valence-corrected chi connectivity index (χ1v) is 6.16. The van der Waals surface area contributed by atoms with E-state index in [-0.39, 0.29) is 6.04 Å². The molecule has 1 aromatic heterocycles. The van der Waals surface area contributed by atoms with E-state index in [0.717, 1.165) is 23.9 Å². The summed E-state index contributed by atoms with van der Waals surface area (Å²) in [5, 5.41) is 0. The minimum absolute atomic E-state index is 0.253. The number of hydrogen-bond acceptors (Lipinski definition) is 3. The maximum atomic E-state index is 5.69. The molecule has 1 heterocycles. The molecule has 3 heteroatoms. The van der Waals surface area contributed by atoms with Gasteiger partial charge >= 0.3 is 0 Å². The molecule has 16 heavy (non-hydrogen) atoms. The topological polar surface area (TPSA) is 51.2 Å². The number of furan rings is 1. The van der Waals surface area contributed by atoms with Crippen LogP contribution in [-0.2, 0) is 0 Å². The van der Waals surface area contributed by atoms with Gasteiger partial charge in [0.1, 0.15) is 11.5 Å². The van der Waals surface area contributed by atoms with E-state index < -0.39 is 0 Å². The van der Waals surface area contributed by atoms with Crippen LogP contribution in [0.25, 0.3) is 0 Å². The summed E-state index contributed by atoms with van der Waals surface area (Å²) in [7, 11) is 0. The van der Waals surface area contributed by atoms with Crippen molar-refractivity contribution in [3.05, 3.63) is 22.6 Å². The predicted octanol–water partition coefficient (Wildman–Crippen LogP) is 2.90. The number of aryl methyl sites for hydroxylation is 2. The Morgan fingerprint density at radius 1 is 1.31 bits per heavy atom. The van der Waals surface area contributed by atoms with Crippen LogP contribution in [0.4, 0.5) is 0 Å². The van der Waals surface area contributed by atoms with Crippen molar-refractivity contribution >= 4 is 0 Å². The Morgan fingerprint density at radius 3 is 2.38 bits per heavy atom. The maximum absolute atomic E-state index is 5.69. The van der Waals surface area contributed by atoms with Crippen LogP contribution >= 0.6 is 0 Å². The second-order valence-electron chi connectivity index (χ2n) is 5.00.